The fourth-order valence-corrected chi connectivity index (χ4v) is 2.54. The molecule has 0 amide bonds. The van der Waals surface area contributed by atoms with Crippen LogP contribution in [0.3, 0.4) is 0 Å². The minimum Gasteiger partial charge on any atom is -0.497 e. The standard InChI is InChI=1S/C18H21N5O3/c1-25-13-6-11(7-14(9-13)26-2)15-8-12-10-21-18(20-4-3-5-24)23-17(12)22-16(15)19/h6-10,24H,3-5H2,1-2H3,(H3,19,20,21,22,23). The smallest absolute Gasteiger partial charge is 0.224 e. The number of aliphatic hydroxyl groups is 1. The summed E-state index contributed by atoms with van der Waals surface area (Å²) in [5.74, 6) is 2.14. The van der Waals surface area contributed by atoms with Gasteiger partial charge in [-0.25, -0.2) is 9.97 Å². The molecular formula is C18H21N5O3. The number of nitrogens with two attached hydrogens (primary N) is 1. The first-order valence-electron chi connectivity index (χ1n) is 8.16. The molecule has 0 aliphatic heterocycles. The molecule has 8 heteroatoms. The van der Waals surface area contributed by atoms with Crippen LogP contribution in [0.2, 0.25) is 0 Å². The lowest BCUT2D eigenvalue weighted by Gasteiger charge is -2.11. The number of ether oxygens (including phenoxy) is 2. The molecule has 0 fully saturated rings. The third-order valence-electron chi connectivity index (χ3n) is 3.88. The van der Waals surface area contributed by atoms with E-state index in [0.717, 1.165) is 16.5 Å². The second-order valence-electron chi connectivity index (χ2n) is 5.63. The number of anilines is 2. The molecule has 0 aliphatic carbocycles. The molecule has 136 valence electrons. The van der Waals surface area contributed by atoms with Gasteiger partial charge < -0.3 is 25.6 Å². The zero-order chi connectivity index (χ0) is 18.5. The number of nitrogens with zero attached hydrogens (tertiary/aromatic N) is 3. The summed E-state index contributed by atoms with van der Waals surface area (Å²) in [5, 5.41) is 12.6. The van der Waals surface area contributed by atoms with Crippen LogP contribution in [0.5, 0.6) is 11.5 Å². The minimum absolute atomic E-state index is 0.110. The maximum atomic E-state index is 8.84. The molecule has 0 saturated carbocycles. The Hall–Kier alpha value is -3.13. The third kappa shape index (κ3) is 3.75. The van der Waals surface area contributed by atoms with E-state index in [2.05, 4.69) is 20.3 Å². The molecule has 26 heavy (non-hydrogen) atoms. The lowest BCUT2D eigenvalue weighted by molar-refractivity contribution is 0.292. The maximum Gasteiger partial charge on any atom is 0.224 e. The Kier molecular flexibility index (Phi) is 5.33. The van der Waals surface area contributed by atoms with E-state index < -0.39 is 0 Å². The molecule has 0 aliphatic rings. The quantitative estimate of drug-likeness (QED) is 0.552. The summed E-state index contributed by atoms with van der Waals surface area (Å²) in [6.45, 7) is 0.693. The van der Waals surface area contributed by atoms with Crippen molar-refractivity contribution in [3.63, 3.8) is 0 Å². The molecule has 3 rings (SSSR count). The normalized spacial score (nSPS) is 10.7. The topological polar surface area (TPSA) is 115 Å². The first-order valence-corrected chi connectivity index (χ1v) is 8.16. The zero-order valence-corrected chi connectivity index (χ0v) is 14.7. The first-order chi connectivity index (χ1) is 12.6. The van der Waals surface area contributed by atoms with Crippen molar-refractivity contribution in [1.82, 2.24) is 15.0 Å². The van der Waals surface area contributed by atoms with Gasteiger partial charge in [-0.3, -0.25) is 0 Å². The summed E-state index contributed by atoms with van der Waals surface area (Å²) < 4.78 is 10.6. The van der Waals surface area contributed by atoms with Crippen LogP contribution in [0.4, 0.5) is 11.8 Å². The molecule has 0 spiro atoms. The molecular weight excluding hydrogens is 334 g/mol. The average Bonchev–Trinajstić information content (AvgIpc) is 2.67. The Balaban J connectivity index is 2.00. The van der Waals surface area contributed by atoms with Crippen molar-refractivity contribution >= 4 is 22.8 Å². The fraction of sp³-hybridized carbons (Fsp3) is 0.278. The van der Waals surface area contributed by atoms with Gasteiger partial charge in [0.05, 0.1) is 14.2 Å². The Bertz CT molecular complexity index is 894. The molecule has 0 saturated heterocycles. The number of pyridine rings is 1. The van der Waals surface area contributed by atoms with Gasteiger partial charge in [-0.05, 0) is 30.2 Å². The van der Waals surface area contributed by atoms with Crippen LogP contribution in [-0.2, 0) is 0 Å². The Labute approximate surface area is 151 Å². The van der Waals surface area contributed by atoms with Gasteiger partial charge >= 0.3 is 0 Å². The van der Waals surface area contributed by atoms with E-state index >= 15 is 0 Å². The van der Waals surface area contributed by atoms with Crippen LogP contribution >= 0.6 is 0 Å². The van der Waals surface area contributed by atoms with Gasteiger partial charge in [0.2, 0.25) is 5.95 Å². The summed E-state index contributed by atoms with van der Waals surface area (Å²) in [7, 11) is 3.19. The van der Waals surface area contributed by atoms with Crippen molar-refractivity contribution in [2.75, 3.05) is 38.4 Å². The monoisotopic (exact) mass is 355 g/mol. The molecule has 4 N–H and O–H groups in total. The van der Waals surface area contributed by atoms with Crippen LogP contribution in [0.1, 0.15) is 6.42 Å². The SMILES string of the molecule is COc1cc(OC)cc(-c2cc3cnc(NCCCO)nc3nc2N)c1. The van der Waals surface area contributed by atoms with Crippen LogP contribution in [0.25, 0.3) is 22.2 Å². The Morgan fingerprint density at radius 2 is 1.81 bits per heavy atom. The molecule has 0 unspecified atom stereocenters. The van der Waals surface area contributed by atoms with Crippen LogP contribution in [-0.4, -0.2) is 47.4 Å². The number of hydrogen-bond donors (Lipinski definition) is 3. The van der Waals surface area contributed by atoms with E-state index in [-0.39, 0.29) is 6.61 Å². The largest absolute Gasteiger partial charge is 0.497 e. The van der Waals surface area contributed by atoms with Crippen molar-refractivity contribution in [2.24, 2.45) is 0 Å². The summed E-state index contributed by atoms with van der Waals surface area (Å²) in [6, 6.07) is 7.42. The highest BCUT2D eigenvalue weighted by Gasteiger charge is 2.11. The summed E-state index contributed by atoms with van der Waals surface area (Å²) >= 11 is 0. The van der Waals surface area contributed by atoms with E-state index in [4.69, 9.17) is 20.3 Å². The van der Waals surface area contributed by atoms with Gasteiger partial charge in [0.25, 0.3) is 0 Å². The van der Waals surface area contributed by atoms with Gasteiger partial charge in [0.15, 0.2) is 5.65 Å². The molecule has 0 bridgehead atoms. The third-order valence-corrected chi connectivity index (χ3v) is 3.88. The highest BCUT2D eigenvalue weighted by Crippen LogP contribution is 2.33. The molecule has 2 aromatic heterocycles. The van der Waals surface area contributed by atoms with Gasteiger partial charge in [0, 0.05) is 36.4 Å². The number of hydrogen-bond acceptors (Lipinski definition) is 8. The average molecular weight is 355 g/mol. The van der Waals surface area contributed by atoms with E-state index in [9.17, 15) is 0 Å². The second-order valence-corrected chi connectivity index (χ2v) is 5.63. The summed E-state index contributed by atoms with van der Waals surface area (Å²) in [5.41, 5.74) is 8.25. The summed E-state index contributed by atoms with van der Waals surface area (Å²) in [4.78, 5) is 13.0. The lowest BCUT2D eigenvalue weighted by atomic mass is 10.0. The first kappa shape index (κ1) is 17.7. The number of nitrogen functional groups attached to an aromatic ring is 1. The van der Waals surface area contributed by atoms with Crippen molar-refractivity contribution < 1.29 is 14.6 Å². The number of rotatable bonds is 7. The van der Waals surface area contributed by atoms with Crippen molar-refractivity contribution in [3.05, 3.63) is 30.5 Å². The highest BCUT2D eigenvalue weighted by molar-refractivity contribution is 5.87. The van der Waals surface area contributed by atoms with Gasteiger partial charge in [-0.1, -0.05) is 0 Å². The number of benzene rings is 1. The van der Waals surface area contributed by atoms with E-state index in [1.165, 1.54) is 0 Å². The van der Waals surface area contributed by atoms with Gasteiger partial charge in [0.1, 0.15) is 17.3 Å². The Morgan fingerprint density at radius 3 is 2.46 bits per heavy atom. The van der Waals surface area contributed by atoms with Crippen molar-refractivity contribution in [1.29, 1.82) is 0 Å². The number of methoxy groups -OCH3 is 2. The number of nitrogens with one attached hydrogen (secondary N) is 1. The van der Waals surface area contributed by atoms with Gasteiger partial charge in [-0.2, -0.15) is 4.98 Å². The molecule has 0 radical (unpaired) electrons. The predicted molar refractivity (Wildman–Crippen MR) is 100 cm³/mol. The molecule has 8 nitrogen and oxygen atoms in total. The molecule has 3 aromatic rings. The van der Waals surface area contributed by atoms with Crippen LogP contribution in [0.15, 0.2) is 30.5 Å². The second kappa shape index (κ2) is 7.83. The number of aromatic nitrogens is 3. The van der Waals surface area contributed by atoms with Crippen molar-refractivity contribution in [3.8, 4) is 22.6 Å². The summed E-state index contributed by atoms with van der Waals surface area (Å²) in [6.07, 6.45) is 2.31. The van der Waals surface area contributed by atoms with Crippen LogP contribution < -0.4 is 20.5 Å². The lowest BCUT2D eigenvalue weighted by Crippen LogP contribution is -2.07. The maximum absolute atomic E-state index is 8.84. The van der Waals surface area contributed by atoms with E-state index in [1.807, 2.05) is 18.2 Å². The van der Waals surface area contributed by atoms with E-state index in [1.54, 1.807) is 26.5 Å². The van der Waals surface area contributed by atoms with Crippen molar-refractivity contribution in [2.45, 2.75) is 6.42 Å². The number of fused-ring (bicyclic) bond motifs is 1. The van der Waals surface area contributed by atoms with E-state index in [0.29, 0.717) is 41.9 Å². The highest BCUT2D eigenvalue weighted by atomic mass is 16.5. The molecule has 1 aromatic carbocycles. The van der Waals surface area contributed by atoms with Gasteiger partial charge in [-0.15, -0.1) is 0 Å². The minimum atomic E-state index is 0.110. The van der Waals surface area contributed by atoms with Crippen LogP contribution in [0, 0.1) is 0 Å². The molecule has 0 atom stereocenters. The fourth-order valence-electron chi connectivity index (χ4n) is 2.54. The predicted octanol–water partition coefficient (Wildman–Crippen LogP) is 2.09. The zero-order valence-electron chi connectivity index (χ0n) is 14.7. The molecule has 2 heterocycles. The number of aliphatic hydroxyl groups excluding tert-OH is 1. The Morgan fingerprint density at radius 1 is 1.08 bits per heavy atom.